The van der Waals surface area contributed by atoms with Gasteiger partial charge in [-0.1, -0.05) is 13.8 Å². The van der Waals surface area contributed by atoms with Gasteiger partial charge in [-0.05, 0) is 19.3 Å². The molecule has 0 aliphatic heterocycles. The summed E-state index contributed by atoms with van der Waals surface area (Å²) < 4.78 is 0. The fourth-order valence-electron chi connectivity index (χ4n) is 1.22. The first-order chi connectivity index (χ1) is 6.09. The van der Waals surface area contributed by atoms with Crippen molar-refractivity contribution < 1.29 is 0 Å². The monoisotopic (exact) mass is 179 g/mol. The number of rotatable bonds is 3. The zero-order chi connectivity index (χ0) is 9.84. The Hall–Kier alpha value is -0.960. The summed E-state index contributed by atoms with van der Waals surface area (Å²) in [5.41, 5.74) is 7.76. The molecule has 1 rings (SSSR count). The molecular weight excluding hydrogens is 162 g/mol. The van der Waals surface area contributed by atoms with E-state index in [4.69, 9.17) is 5.73 Å². The molecule has 0 fully saturated rings. The van der Waals surface area contributed by atoms with Crippen molar-refractivity contribution >= 4 is 0 Å². The summed E-state index contributed by atoms with van der Waals surface area (Å²) in [6.45, 7) is 6.23. The molecule has 1 aromatic heterocycles. The van der Waals surface area contributed by atoms with Crippen molar-refractivity contribution in [2.75, 3.05) is 0 Å². The van der Waals surface area contributed by atoms with E-state index in [0.717, 1.165) is 17.8 Å². The number of hydrogen-bond acceptors (Lipinski definition) is 3. The standard InChI is InChI=1S/C10H17N3/c1-7(2)4-9(11)10-6-12-8(3)5-13-10/h5-7,9H,4,11H2,1-3H3/t9-/m1/s1. The van der Waals surface area contributed by atoms with Crippen molar-refractivity contribution in [3.8, 4) is 0 Å². The van der Waals surface area contributed by atoms with E-state index in [1.807, 2.05) is 6.92 Å². The molecule has 72 valence electrons. The first-order valence-electron chi connectivity index (χ1n) is 4.63. The van der Waals surface area contributed by atoms with Gasteiger partial charge in [-0.15, -0.1) is 0 Å². The largest absolute Gasteiger partial charge is 0.323 e. The molecule has 0 aliphatic rings. The van der Waals surface area contributed by atoms with Crippen LogP contribution in [-0.2, 0) is 0 Å². The van der Waals surface area contributed by atoms with Crippen LogP contribution in [0.4, 0.5) is 0 Å². The summed E-state index contributed by atoms with van der Waals surface area (Å²) in [6.07, 6.45) is 4.48. The fraction of sp³-hybridized carbons (Fsp3) is 0.600. The van der Waals surface area contributed by atoms with Gasteiger partial charge in [0.1, 0.15) is 0 Å². The third-order valence-electron chi connectivity index (χ3n) is 1.91. The maximum absolute atomic E-state index is 5.94. The first-order valence-corrected chi connectivity index (χ1v) is 4.63. The summed E-state index contributed by atoms with van der Waals surface area (Å²) in [5, 5.41) is 0. The Labute approximate surface area is 79.4 Å². The van der Waals surface area contributed by atoms with Crippen LogP contribution in [0.3, 0.4) is 0 Å². The highest BCUT2D eigenvalue weighted by Crippen LogP contribution is 2.15. The minimum Gasteiger partial charge on any atom is -0.323 e. The van der Waals surface area contributed by atoms with Crippen LogP contribution in [0.2, 0.25) is 0 Å². The quantitative estimate of drug-likeness (QED) is 0.770. The molecule has 0 spiro atoms. The highest BCUT2D eigenvalue weighted by molar-refractivity contribution is 5.04. The lowest BCUT2D eigenvalue weighted by atomic mass is 10.0. The zero-order valence-electron chi connectivity index (χ0n) is 8.49. The van der Waals surface area contributed by atoms with Crippen molar-refractivity contribution in [3.63, 3.8) is 0 Å². The number of aromatic nitrogens is 2. The van der Waals surface area contributed by atoms with E-state index in [-0.39, 0.29) is 6.04 Å². The van der Waals surface area contributed by atoms with E-state index < -0.39 is 0 Å². The van der Waals surface area contributed by atoms with Gasteiger partial charge in [0.2, 0.25) is 0 Å². The molecule has 1 aromatic rings. The Kier molecular flexibility index (Phi) is 3.37. The Morgan fingerprint density at radius 2 is 2.00 bits per heavy atom. The maximum atomic E-state index is 5.94. The minimum absolute atomic E-state index is 0.0214. The maximum Gasteiger partial charge on any atom is 0.0754 e. The van der Waals surface area contributed by atoms with E-state index in [2.05, 4.69) is 23.8 Å². The summed E-state index contributed by atoms with van der Waals surface area (Å²) in [5.74, 6) is 0.595. The smallest absolute Gasteiger partial charge is 0.0754 e. The molecule has 3 heteroatoms. The number of nitrogens with zero attached hydrogens (tertiary/aromatic N) is 2. The summed E-state index contributed by atoms with van der Waals surface area (Å²) in [7, 11) is 0. The van der Waals surface area contributed by atoms with Crippen LogP contribution >= 0.6 is 0 Å². The van der Waals surface area contributed by atoms with Crippen LogP contribution < -0.4 is 5.73 Å². The Balaban J connectivity index is 2.66. The zero-order valence-corrected chi connectivity index (χ0v) is 8.49. The lowest BCUT2D eigenvalue weighted by Crippen LogP contribution is -2.14. The minimum atomic E-state index is 0.0214. The van der Waals surface area contributed by atoms with Crippen LogP contribution in [0.25, 0.3) is 0 Å². The number of hydrogen-bond donors (Lipinski definition) is 1. The van der Waals surface area contributed by atoms with Crippen LogP contribution in [-0.4, -0.2) is 9.97 Å². The molecule has 0 bridgehead atoms. The van der Waals surface area contributed by atoms with E-state index >= 15 is 0 Å². The molecule has 13 heavy (non-hydrogen) atoms. The average Bonchev–Trinajstić information content (AvgIpc) is 2.04. The number of aryl methyl sites for hydroxylation is 1. The molecule has 3 nitrogen and oxygen atoms in total. The van der Waals surface area contributed by atoms with Crippen molar-refractivity contribution in [2.45, 2.75) is 33.2 Å². The SMILES string of the molecule is Cc1cnc([C@H](N)CC(C)C)cn1. The molecule has 1 atom stereocenters. The first kappa shape index (κ1) is 10.1. The molecule has 0 amide bonds. The summed E-state index contributed by atoms with van der Waals surface area (Å²) in [6, 6.07) is 0.0214. The molecule has 0 saturated heterocycles. The van der Waals surface area contributed by atoms with Gasteiger partial charge in [0.15, 0.2) is 0 Å². The van der Waals surface area contributed by atoms with Crippen LogP contribution in [0.15, 0.2) is 12.4 Å². The van der Waals surface area contributed by atoms with Crippen LogP contribution in [0.5, 0.6) is 0 Å². The normalized spacial score (nSPS) is 13.3. The Morgan fingerprint density at radius 3 is 2.46 bits per heavy atom. The molecule has 0 aromatic carbocycles. The van der Waals surface area contributed by atoms with Crippen LogP contribution in [0.1, 0.15) is 37.7 Å². The van der Waals surface area contributed by atoms with Crippen molar-refractivity contribution in [2.24, 2.45) is 11.7 Å². The average molecular weight is 179 g/mol. The second-order valence-corrected chi connectivity index (χ2v) is 3.82. The van der Waals surface area contributed by atoms with Gasteiger partial charge in [0.25, 0.3) is 0 Å². The van der Waals surface area contributed by atoms with E-state index in [1.165, 1.54) is 0 Å². The van der Waals surface area contributed by atoms with E-state index in [9.17, 15) is 0 Å². The molecule has 1 heterocycles. The second-order valence-electron chi connectivity index (χ2n) is 3.82. The number of nitrogens with two attached hydrogens (primary N) is 1. The predicted molar refractivity (Wildman–Crippen MR) is 53.2 cm³/mol. The van der Waals surface area contributed by atoms with Gasteiger partial charge >= 0.3 is 0 Å². The van der Waals surface area contributed by atoms with Gasteiger partial charge in [-0.2, -0.15) is 0 Å². The van der Waals surface area contributed by atoms with Gasteiger partial charge in [0.05, 0.1) is 17.6 Å². The third kappa shape index (κ3) is 3.11. The Bertz CT molecular complexity index is 253. The Morgan fingerprint density at radius 1 is 1.31 bits per heavy atom. The van der Waals surface area contributed by atoms with Gasteiger partial charge in [0, 0.05) is 12.2 Å². The van der Waals surface area contributed by atoms with Gasteiger partial charge in [-0.25, -0.2) is 0 Å². The molecule has 0 radical (unpaired) electrons. The van der Waals surface area contributed by atoms with Crippen molar-refractivity contribution in [1.82, 2.24) is 9.97 Å². The van der Waals surface area contributed by atoms with Gasteiger partial charge in [-0.3, -0.25) is 9.97 Å². The predicted octanol–water partition coefficient (Wildman–Crippen LogP) is 1.83. The fourth-order valence-corrected chi connectivity index (χ4v) is 1.22. The molecule has 0 aliphatic carbocycles. The summed E-state index contributed by atoms with van der Waals surface area (Å²) in [4.78, 5) is 8.41. The lowest BCUT2D eigenvalue weighted by molar-refractivity contribution is 0.501. The molecular formula is C10H17N3. The summed E-state index contributed by atoms with van der Waals surface area (Å²) >= 11 is 0. The van der Waals surface area contributed by atoms with Gasteiger partial charge < -0.3 is 5.73 Å². The molecule has 2 N–H and O–H groups in total. The van der Waals surface area contributed by atoms with Crippen LogP contribution in [0, 0.1) is 12.8 Å². The topological polar surface area (TPSA) is 51.8 Å². The highest BCUT2D eigenvalue weighted by atomic mass is 14.8. The lowest BCUT2D eigenvalue weighted by Gasteiger charge is -2.12. The highest BCUT2D eigenvalue weighted by Gasteiger charge is 2.09. The molecule has 0 saturated carbocycles. The second kappa shape index (κ2) is 4.33. The van der Waals surface area contributed by atoms with Crippen molar-refractivity contribution in [3.05, 3.63) is 23.8 Å². The molecule has 0 unspecified atom stereocenters. The third-order valence-corrected chi connectivity index (χ3v) is 1.91. The van der Waals surface area contributed by atoms with Crippen molar-refractivity contribution in [1.29, 1.82) is 0 Å². The van der Waals surface area contributed by atoms with E-state index in [1.54, 1.807) is 12.4 Å². The van der Waals surface area contributed by atoms with E-state index in [0.29, 0.717) is 5.92 Å².